The van der Waals surface area contributed by atoms with E-state index in [0.717, 1.165) is 32.2 Å². The van der Waals surface area contributed by atoms with Crippen LogP contribution in [0.1, 0.15) is 75.1 Å². The van der Waals surface area contributed by atoms with E-state index >= 15 is 0 Å². The third-order valence-corrected chi connectivity index (χ3v) is 10.8. The molecule has 0 spiro atoms. The molecule has 0 fully saturated rings. The summed E-state index contributed by atoms with van der Waals surface area (Å²) in [5.41, 5.74) is 11.1. The second-order valence-corrected chi connectivity index (χ2v) is 14.1. The highest BCUT2D eigenvalue weighted by atomic mass is 15.0. The number of pyridine rings is 2. The van der Waals surface area contributed by atoms with Gasteiger partial charge in [0, 0.05) is 35.6 Å². The fourth-order valence-corrected chi connectivity index (χ4v) is 8.11. The Kier molecular flexibility index (Phi) is 10.4. The topological polar surface area (TPSA) is 7.76 Å². The number of nitrogens with zero attached hydrogens (tertiary/aromatic N) is 2. The van der Waals surface area contributed by atoms with Gasteiger partial charge in [-0.15, -0.1) is 0 Å². The Balaban J connectivity index is 1.32. The van der Waals surface area contributed by atoms with Crippen molar-refractivity contribution in [1.82, 2.24) is 0 Å². The second-order valence-electron chi connectivity index (χ2n) is 14.1. The van der Waals surface area contributed by atoms with Crippen molar-refractivity contribution in [2.45, 2.75) is 85.1 Å². The van der Waals surface area contributed by atoms with E-state index in [1.54, 1.807) is 0 Å². The number of fused-ring (bicyclic) bond motifs is 5. The minimum absolute atomic E-state index is 0.925. The number of aromatic nitrogens is 2. The molecular formula is C48H52N2+2. The summed E-state index contributed by atoms with van der Waals surface area (Å²) in [6.07, 6.45) is 15.0. The zero-order valence-electron chi connectivity index (χ0n) is 30.5. The van der Waals surface area contributed by atoms with Gasteiger partial charge in [-0.1, -0.05) is 107 Å². The van der Waals surface area contributed by atoms with Gasteiger partial charge in [0.05, 0.1) is 10.9 Å². The van der Waals surface area contributed by atoms with E-state index in [-0.39, 0.29) is 0 Å². The van der Waals surface area contributed by atoms with Crippen molar-refractivity contribution in [1.29, 1.82) is 0 Å². The molecule has 0 aliphatic carbocycles. The Bertz CT molecular complexity index is 2280. The monoisotopic (exact) mass is 656 g/mol. The number of rotatable bonds is 13. The first-order valence-corrected chi connectivity index (χ1v) is 19.1. The van der Waals surface area contributed by atoms with Crippen molar-refractivity contribution in [3.05, 3.63) is 144 Å². The van der Waals surface area contributed by atoms with Crippen molar-refractivity contribution in [2.75, 3.05) is 0 Å². The highest BCUT2D eigenvalue weighted by Gasteiger charge is 2.23. The lowest BCUT2D eigenvalue weighted by atomic mass is 9.89. The Morgan fingerprint density at radius 2 is 1.24 bits per heavy atom. The summed E-state index contributed by atoms with van der Waals surface area (Å²) in [7, 11) is 2.22. The van der Waals surface area contributed by atoms with Crippen molar-refractivity contribution in [3.8, 4) is 22.5 Å². The van der Waals surface area contributed by atoms with Gasteiger partial charge in [-0.05, 0) is 100 Å². The lowest BCUT2D eigenvalue weighted by Crippen LogP contribution is -2.37. The average Bonchev–Trinajstić information content (AvgIpc) is 3.16. The fraction of sp³-hybridized carbons (Fsp3) is 0.292. The number of unbranched alkanes of at least 4 members (excludes halogenated alkanes) is 3. The molecule has 2 heterocycles. The molecule has 0 bridgehead atoms. The molecule has 5 aromatic carbocycles. The summed E-state index contributed by atoms with van der Waals surface area (Å²) in [4.78, 5) is 0. The molecule has 7 aromatic rings. The van der Waals surface area contributed by atoms with Crippen LogP contribution in [-0.2, 0) is 39.3 Å². The molecule has 2 heteroatoms. The summed E-state index contributed by atoms with van der Waals surface area (Å²) in [5, 5.41) is 8.01. The van der Waals surface area contributed by atoms with Crippen molar-refractivity contribution < 1.29 is 9.13 Å². The molecule has 252 valence electrons. The summed E-state index contributed by atoms with van der Waals surface area (Å²) in [6, 6.07) is 41.4. The molecular weight excluding hydrogens is 605 g/mol. The molecule has 50 heavy (non-hydrogen) atoms. The van der Waals surface area contributed by atoms with E-state index in [9.17, 15) is 0 Å². The number of hydrogen-bond donors (Lipinski definition) is 0. The van der Waals surface area contributed by atoms with Crippen LogP contribution in [0.2, 0.25) is 0 Å². The molecule has 0 saturated carbocycles. The van der Waals surface area contributed by atoms with Gasteiger partial charge in [0.1, 0.15) is 7.05 Å². The van der Waals surface area contributed by atoms with E-state index in [1.807, 2.05) is 0 Å². The average molecular weight is 657 g/mol. The van der Waals surface area contributed by atoms with Crippen LogP contribution in [0, 0.1) is 0 Å². The predicted molar refractivity (Wildman–Crippen MR) is 213 cm³/mol. The molecule has 0 aliphatic rings. The predicted octanol–water partition coefficient (Wildman–Crippen LogP) is 11.5. The van der Waals surface area contributed by atoms with Crippen molar-refractivity contribution in [3.63, 3.8) is 0 Å². The zero-order chi connectivity index (χ0) is 34.5. The molecule has 0 unspecified atom stereocenters. The summed E-state index contributed by atoms with van der Waals surface area (Å²) >= 11 is 0. The molecule has 0 saturated heterocycles. The molecule has 7 rings (SSSR count). The van der Waals surface area contributed by atoms with E-state index in [4.69, 9.17) is 0 Å². The van der Waals surface area contributed by atoms with Crippen LogP contribution in [0.25, 0.3) is 54.8 Å². The normalized spacial score (nSPS) is 11.6. The van der Waals surface area contributed by atoms with E-state index < -0.39 is 0 Å². The minimum atomic E-state index is 0.925. The first kappa shape index (κ1) is 33.7. The van der Waals surface area contributed by atoms with Crippen LogP contribution >= 0.6 is 0 Å². The Hall–Kier alpha value is -4.82. The summed E-state index contributed by atoms with van der Waals surface area (Å²) < 4.78 is 4.81. The Labute approximate surface area is 299 Å². The van der Waals surface area contributed by atoms with Crippen LogP contribution in [0.4, 0.5) is 0 Å². The Morgan fingerprint density at radius 1 is 0.520 bits per heavy atom. The molecule has 0 N–H and O–H groups in total. The van der Waals surface area contributed by atoms with Gasteiger partial charge < -0.3 is 0 Å². The van der Waals surface area contributed by atoms with E-state index in [2.05, 4.69) is 159 Å². The second kappa shape index (κ2) is 15.4. The van der Waals surface area contributed by atoms with Crippen LogP contribution in [0.3, 0.4) is 0 Å². The van der Waals surface area contributed by atoms with Crippen LogP contribution in [0.5, 0.6) is 0 Å². The van der Waals surface area contributed by atoms with Crippen molar-refractivity contribution >= 4 is 32.3 Å². The van der Waals surface area contributed by atoms with Crippen LogP contribution in [0.15, 0.2) is 122 Å². The van der Waals surface area contributed by atoms with Crippen LogP contribution in [-0.4, -0.2) is 0 Å². The lowest BCUT2D eigenvalue weighted by molar-refractivity contribution is -0.685. The van der Waals surface area contributed by atoms with Gasteiger partial charge in [-0.2, -0.15) is 4.57 Å². The van der Waals surface area contributed by atoms with Crippen LogP contribution < -0.4 is 9.13 Å². The highest BCUT2D eigenvalue weighted by Crippen LogP contribution is 2.37. The number of aryl methyl sites for hydroxylation is 5. The first-order chi connectivity index (χ1) is 24.6. The lowest BCUT2D eigenvalue weighted by Gasteiger charge is -2.16. The first-order valence-electron chi connectivity index (χ1n) is 19.1. The third-order valence-electron chi connectivity index (χ3n) is 10.8. The van der Waals surface area contributed by atoms with Crippen molar-refractivity contribution in [2.24, 2.45) is 7.05 Å². The SMILES string of the molecule is CCCCCc1ccc2c(ccc3c4cc[n+](C)c(-c5cccc(CCCC)c5CC[n+]5ccccc5-c5ccccc5CC)c4ccc23)c1. The number of benzene rings is 5. The van der Waals surface area contributed by atoms with Gasteiger partial charge in [0.25, 0.3) is 0 Å². The Morgan fingerprint density at radius 3 is 2.10 bits per heavy atom. The summed E-state index contributed by atoms with van der Waals surface area (Å²) in [5.74, 6) is 0. The number of hydrogen-bond acceptors (Lipinski definition) is 0. The maximum atomic E-state index is 2.46. The van der Waals surface area contributed by atoms with Gasteiger partial charge in [0.2, 0.25) is 11.4 Å². The standard InChI is InChI=1S/C48H52N2/c1-5-8-10-16-35-23-25-39-38(34-35)24-26-43-42(39)27-28-46-44(43)29-32-49(4)48(46)45-21-15-19-37(17-9-6-2)40(45)30-33-50-31-14-13-22-47(50)41-20-12-11-18-36(41)7-3/h11-15,18-29,31-32,34H,5-10,16-17,30,33H2,1-4H3/q+2. The maximum absolute atomic E-state index is 2.46. The van der Waals surface area contributed by atoms with E-state index in [0.29, 0.717) is 0 Å². The highest BCUT2D eigenvalue weighted by molar-refractivity contribution is 6.18. The minimum Gasteiger partial charge on any atom is -0.200 e. The van der Waals surface area contributed by atoms with Gasteiger partial charge in [-0.25, -0.2) is 4.57 Å². The van der Waals surface area contributed by atoms with E-state index in [1.165, 1.54) is 109 Å². The molecule has 0 atom stereocenters. The van der Waals surface area contributed by atoms with Gasteiger partial charge >= 0.3 is 0 Å². The molecule has 0 aliphatic heterocycles. The fourth-order valence-electron chi connectivity index (χ4n) is 8.11. The molecule has 2 nitrogen and oxygen atoms in total. The van der Waals surface area contributed by atoms with Gasteiger partial charge in [0.15, 0.2) is 18.9 Å². The third kappa shape index (κ3) is 6.69. The quantitative estimate of drug-likeness (QED) is 0.0663. The molecule has 0 amide bonds. The molecule has 2 aromatic heterocycles. The molecule has 0 radical (unpaired) electrons. The smallest absolute Gasteiger partial charge is 0.200 e. The van der Waals surface area contributed by atoms with Gasteiger partial charge in [-0.3, -0.25) is 0 Å². The summed E-state index contributed by atoms with van der Waals surface area (Å²) in [6.45, 7) is 7.75. The maximum Gasteiger partial charge on any atom is 0.220 e. The largest absolute Gasteiger partial charge is 0.220 e. The zero-order valence-corrected chi connectivity index (χ0v) is 30.5.